The van der Waals surface area contributed by atoms with Gasteiger partial charge in [-0.15, -0.1) is 0 Å². The van der Waals surface area contributed by atoms with Crippen LogP contribution in [0.15, 0.2) is 18.3 Å². The quantitative estimate of drug-likeness (QED) is 0.678. The molecule has 3 heteroatoms. The Bertz CT molecular complexity index is 311. The van der Waals surface area contributed by atoms with Gasteiger partial charge in [0.1, 0.15) is 0 Å². The van der Waals surface area contributed by atoms with Gasteiger partial charge in [-0.05, 0) is 26.0 Å². The lowest BCUT2D eigenvalue weighted by Crippen LogP contribution is -2.12. The van der Waals surface area contributed by atoms with E-state index in [9.17, 15) is 0 Å². The molecular weight excluding hydrogens is 224 g/mol. The van der Waals surface area contributed by atoms with Crippen molar-refractivity contribution in [2.75, 3.05) is 13.7 Å². The van der Waals surface area contributed by atoms with Crippen molar-refractivity contribution < 1.29 is 4.74 Å². The van der Waals surface area contributed by atoms with E-state index in [4.69, 9.17) is 4.74 Å². The predicted molar refractivity (Wildman–Crippen MR) is 76.0 cm³/mol. The number of hydrogen-bond acceptors (Lipinski definition) is 3. The molecule has 0 radical (unpaired) electrons. The van der Waals surface area contributed by atoms with Crippen LogP contribution in [0.3, 0.4) is 0 Å². The van der Waals surface area contributed by atoms with Gasteiger partial charge in [0, 0.05) is 18.3 Å². The molecule has 1 heterocycles. The fraction of sp³-hybridized carbons (Fsp3) is 0.667. The zero-order valence-corrected chi connectivity index (χ0v) is 11.9. The summed E-state index contributed by atoms with van der Waals surface area (Å²) in [5.74, 6) is 0.734. The van der Waals surface area contributed by atoms with E-state index in [1.54, 1.807) is 0 Å². The fourth-order valence-electron chi connectivity index (χ4n) is 1.78. The molecule has 1 atom stereocenters. The van der Waals surface area contributed by atoms with E-state index in [-0.39, 0.29) is 0 Å². The van der Waals surface area contributed by atoms with Crippen LogP contribution < -0.4 is 10.1 Å². The van der Waals surface area contributed by atoms with Gasteiger partial charge in [0.2, 0.25) is 5.88 Å². The minimum atomic E-state index is 0.334. The molecule has 1 rings (SSSR count). The maximum absolute atomic E-state index is 5.62. The second kappa shape index (κ2) is 8.92. The average molecular weight is 250 g/mol. The first kappa shape index (κ1) is 15.0. The van der Waals surface area contributed by atoms with Crippen LogP contribution in [-0.2, 0) is 0 Å². The number of rotatable bonds is 9. The van der Waals surface area contributed by atoms with Crippen molar-refractivity contribution in [3.63, 3.8) is 0 Å². The Morgan fingerprint density at radius 2 is 2.00 bits per heavy atom. The predicted octanol–water partition coefficient (Wildman–Crippen LogP) is 3.71. The molecule has 0 aromatic carbocycles. The summed E-state index contributed by atoms with van der Waals surface area (Å²) in [5.41, 5.74) is 1.19. The molecule has 0 saturated carbocycles. The van der Waals surface area contributed by atoms with Gasteiger partial charge in [-0.2, -0.15) is 0 Å². The van der Waals surface area contributed by atoms with Gasteiger partial charge >= 0.3 is 0 Å². The highest BCUT2D eigenvalue weighted by atomic mass is 16.5. The van der Waals surface area contributed by atoms with Gasteiger partial charge in [0.15, 0.2) is 0 Å². The highest BCUT2D eigenvalue weighted by Crippen LogP contribution is 2.14. The molecule has 0 aliphatic rings. The van der Waals surface area contributed by atoms with E-state index >= 15 is 0 Å². The van der Waals surface area contributed by atoms with E-state index in [0.717, 1.165) is 18.9 Å². The maximum Gasteiger partial charge on any atom is 0.213 e. The van der Waals surface area contributed by atoms with Gasteiger partial charge < -0.3 is 10.1 Å². The Morgan fingerprint density at radius 1 is 1.22 bits per heavy atom. The Labute approximate surface area is 111 Å². The Balaban J connectivity index is 2.22. The zero-order chi connectivity index (χ0) is 13.2. The third-order valence-electron chi connectivity index (χ3n) is 3.19. The third-order valence-corrected chi connectivity index (χ3v) is 3.19. The average Bonchev–Trinajstić information content (AvgIpc) is 2.42. The van der Waals surface area contributed by atoms with Crippen molar-refractivity contribution in [3.05, 3.63) is 23.9 Å². The first-order valence-corrected chi connectivity index (χ1v) is 7.04. The molecule has 0 saturated heterocycles. The number of pyridine rings is 1. The molecule has 102 valence electrons. The molecule has 0 aliphatic heterocycles. The zero-order valence-electron chi connectivity index (χ0n) is 11.9. The number of aromatic nitrogens is 1. The van der Waals surface area contributed by atoms with Crippen LogP contribution in [0.1, 0.15) is 57.6 Å². The summed E-state index contributed by atoms with van der Waals surface area (Å²) >= 11 is 0. The van der Waals surface area contributed by atoms with E-state index in [1.165, 1.54) is 31.2 Å². The molecule has 1 aromatic rings. The molecule has 0 amide bonds. The minimum Gasteiger partial charge on any atom is -0.478 e. The van der Waals surface area contributed by atoms with Crippen LogP contribution in [0.25, 0.3) is 0 Å². The number of unbranched alkanes of at least 4 members (excludes halogenated alkanes) is 4. The Hall–Kier alpha value is -1.09. The smallest absolute Gasteiger partial charge is 0.213 e. The van der Waals surface area contributed by atoms with Gasteiger partial charge in [-0.3, -0.25) is 0 Å². The minimum absolute atomic E-state index is 0.334. The monoisotopic (exact) mass is 250 g/mol. The lowest BCUT2D eigenvalue weighted by molar-refractivity contribution is 0.293. The van der Waals surface area contributed by atoms with Gasteiger partial charge in [-0.1, -0.05) is 38.7 Å². The molecule has 0 aliphatic carbocycles. The summed E-state index contributed by atoms with van der Waals surface area (Å²) in [4.78, 5) is 4.32. The summed E-state index contributed by atoms with van der Waals surface area (Å²) in [6.07, 6.45) is 8.18. The Kier molecular flexibility index (Phi) is 7.42. The van der Waals surface area contributed by atoms with Gasteiger partial charge in [0.25, 0.3) is 0 Å². The maximum atomic E-state index is 5.62. The fourth-order valence-corrected chi connectivity index (χ4v) is 1.78. The van der Waals surface area contributed by atoms with E-state index in [2.05, 4.69) is 30.2 Å². The van der Waals surface area contributed by atoms with E-state index < -0.39 is 0 Å². The van der Waals surface area contributed by atoms with Crippen molar-refractivity contribution in [2.45, 2.75) is 52.0 Å². The summed E-state index contributed by atoms with van der Waals surface area (Å²) in [6, 6.07) is 4.36. The second-order valence-electron chi connectivity index (χ2n) is 4.70. The summed E-state index contributed by atoms with van der Waals surface area (Å²) in [5, 5.41) is 3.19. The summed E-state index contributed by atoms with van der Waals surface area (Å²) < 4.78 is 5.62. The standard InChI is InChI=1S/C15H26N2O/c1-4-5-6-7-8-11-18-15-10-9-14(12-17-15)13(2)16-3/h9-10,12-13,16H,4-8,11H2,1-3H3. The summed E-state index contributed by atoms with van der Waals surface area (Å²) in [7, 11) is 1.95. The van der Waals surface area contributed by atoms with Crippen LogP contribution in [0.4, 0.5) is 0 Å². The van der Waals surface area contributed by atoms with Crippen LogP contribution in [0, 0.1) is 0 Å². The second-order valence-corrected chi connectivity index (χ2v) is 4.70. The van der Waals surface area contributed by atoms with E-state index in [1.807, 2.05) is 19.3 Å². The van der Waals surface area contributed by atoms with Crippen molar-refractivity contribution in [3.8, 4) is 5.88 Å². The molecule has 1 unspecified atom stereocenters. The first-order chi connectivity index (χ1) is 8.77. The molecular formula is C15H26N2O. The highest BCUT2D eigenvalue weighted by molar-refractivity contribution is 5.20. The molecule has 18 heavy (non-hydrogen) atoms. The third kappa shape index (κ3) is 5.50. The lowest BCUT2D eigenvalue weighted by Gasteiger charge is -2.10. The van der Waals surface area contributed by atoms with Crippen LogP contribution in [0.2, 0.25) is 0 Å². The number of ether oxygens (including phenoxy) is 1. The molecule has 0 fully saturated rings. The van der Waals surface area contributed by atoms with Crippen molar-refractivity contribution in [2.24, 2.45) is 0 Å². The first-order valence-electron chi connectivity index (χ1n) is 7.04. The molecule has 0 bridgehead atoms. The molecule has 1 N–H and O–H groups in total. The van der Waals surface area contributed by atoms with Crippen molar-refractivity contribution in [1.82, 2.24) is 10.3 Å². The normalized spacial score (nSPS) is 12.4. The molecule has 0 spiro atoms. The van der Waals surface area contributed by atoms with E-state index in [0.29, 0.717) is 6.04 Å². The number of nitrogens with zero attached hydrogens (tertiary/aromatic N) is 1. The molecule has 3 nitrogen and oxygen atoms in total. The van der Waals surface area contributed by atoms with Crippen LogP contribution >= 0.6 is 0 Å². The highest BCUT2D eigenvalue weighted by Gasteiger charge is 2.03. The lowest BCUT2D eigenvalue weighted by atomic mass is 10.1. The van der Waals surface area contributed by atoms with Crippen molar-refractivity contribution in [1.29, 1.82) is 0 Å². The Morgan fingerprint density at radius 3 is 2.61 bits per heavy atom. The SMILES string of the molecule is CCCCCCCOc1ccc(C(C)NC)cn1. The largest absolute Gasteiger partial charge is 0.478 e. The van der Waals surface area contributed by atoms with Gasteiger partial charge in [0.05, 0.1) is 6.61 Å². The number of hydrogen-bond donors (Lipinski definition) is 1. The van der Waals surface area contributed by atoms with Crippen molar-refractivity contribution >= 4 is 0 Å². The van der Waals surface area contributed by atoms with Crippen LogP contribution in [-0.4, -0.2) is 18.6 Å². The summed E-state index contributed by atoms with van der Waals surface area (Å²) in [6.45, 7) is 5.12. The van der Waals surface area contributed by atoms with Gasteiger partial charge in [-0.25, -0.2) is 4.98 Å². The van der Waals surface area contributed by atoms with Crippen LogP contribution in [0.5, 0.6) is 5.88 Å². The topological polar surface area (TPSA) is 34.1 Å². The number of nitrogens with one attached hydrogen (secondary N) is 1. The molecule has 1 aromatic heterocycles.